The molecule has 1 N–H and O–H groups in total. The molecule has 0 atom stereocenters. The van der Waals surface area contributed by atoms with Gasteiger partial charge in [-0.1, -0.05) is 22.0 Å². The van der Waals surface area contributed by atoms with E-state index in [9.17, 15) is 9.59 Å². The Hall–Kier alpha value is -2.21. The number of carbonyl (C=O) groups is 2. The number of rotatable bonds is 5. The number of aromatic nitrogens is 1. The Balaban J connectivity index is 2.02. The average molecular weight is 376 g/mol. The molecule has 2 rings (SSSR count). The van der Waals surface area contributed by atoms with Crippen LogP contribution in [0.15, 0.2) is 47.1 Å². The lowest BCUT2D eigenvalue weighted by Gasteiger charge is -2.21. The monoisotopic (exact) mass is 375 g/mol. The van der Waals surface area contributed by atoms with Gasteiger partial charge in [-0.25, -0.2) is 0 Å². The zero-order valence-corrected chi connectivity index (χ0v) is 14.6. The minimum Gasteiger partial charge on any atom is -0.349 e. The second kappa shape index (κ2) is 7.87. The summed E-state index contributed by atoms with van der Waals surface area (Å²) < 4.78 is 0.962. The van der Waals surface area contributed by atoms with Crippen molar-refractivity contribution < 1.29 is 9.59 Å². The molecule has 0 radical (unpaired) electrons. The Morgan fingerprint density at radius 1 is 1.26 bits per heavy atom. The van der Waals surface area contributed by atoms with Crippen molar-refractivity contribution in [2.45, 2.75) is 20.4 Å². The number of pyridine rings is 1. The normalized spacial score (nSPS) is 10.2. The number of carbonyl (C=O) groups excluding carboxylic acids is 2. The van der Waals surface area contributed by atoms with Crippen LogP contribution >= 0.6 is 15.9 Å². The molecule has 0 saturated carbocycles. The maximum absolute atomic E-state index is 12.1. The first kappa shape index (κ1) is 17.1. The number of benzene rings is 1. The summed E-state index contributed by atoms with van der Waals surface area (Å²) in [5, 5.41) is 2.78. The van der Waals surface area contributed by atoms with Crippen molar-refractivity contribution in [3.05, 3.63) is 58.3 Å². The highest BCUT2D eigenvalue weighted by molar-refractivity contribution is 9.10. The summed E-state index contributed by atoms with van der Waals surface area (Å²) in [6.07, 6.45) is 1.67. The summed E-state index contributed by atoms with van der Waals surface area (Å²) in [6, 6.07) is 11.1. The third-order valence-corrected chi connectivity index (χ3v) is 4.22. The second-order valence-electron chi connectivity index (χ2n) is 5.14. The number of hydrogen-bond acceptors (Lipinski definition) is 3. The first-order valence-corrected chi connectivity index (χ1v) is 7.97. The maximum atomic E-state index is 12.1. The van der Waals surface area contributed by atoms with E-state index in [1.807, 2.05) is 43.3 Å². The van der Waals surface area contributed by atoms with Crippen LogP contribution in [0.25, 0.3) is 0 Å². The number of hydrogen-bond donors (Lipinski definition) is 1. The molecule has 0 bridgehead atoms. The van der Waals surface area contributed by atoms with Gasteiger partial charge in [0.2, 0.25) is 11.8 Å². The lowest BCUT2D eigenvalue weighted by molar-refractivity contribution is -0.123. The van der Waals surface area contributed by atoms with E-state index >= 15 is 0 Å². The highest BCUT2D eigenvalue weighted by atomic mass is 79.9. The van der Waals surface area contributed by atoms with Crippen LogP contribution in [0.4, 0.5) is 5.69 Å². The van der Waals surface area contributed by atoms with E-state index in [-0.39, 0.29) is 18.4 Å². The molecule has 120 valence electrons. The third kappa shape index (κ3) is 4.89. The summed E-state index contributed by atoms with van der Waals surface area (Å²) >= 11 is 3.43. The molecule has 2 aromatic rings. The van der Waals surface area contributed by atoms with Crippen molar-refractivity contribution in [2.24, 2.45) is 0 Å². The van der Waals surface area contributed by atoms with Crippen molar-refractivity contribution in [3.8, 4) is 0 Å². The third-order valence-electron chi connectivity index (χ3n) is 3.33. The van der Waals surface area contributed by atoms with Gasteiger partial charge in [-0.05, 0) is 42.8 Å². The van der Waals surface area contributed by atoms with Crippen LogP contribution in [0.2, 0.25) is 0 Å². The van der Waals surface area contributed by atoms with Gasteiger partial charge in [-0.2, -0.15) is 0 Å². The number of aryl methyl sites for hydroxylation is 1. The van der Waals surface area contributed by atoms with Gasteiger partial charge < -0.3 is 10.2 Å². The van der Waals surface area contributed by atoms with Gasteiger partial charge in [-0.15, -0.1) is 0 Å². The highest BCUT2D eigenvalue weighted by Crippen LogP contribution is 2.23. The van der Waals surface area contributed by atoms with Gasteiger partial charge in [0.15, 0.2) is 0 Å². The van der Waals surface area contributed by atoms with Crippen molar-refractivity contribution in [3.63, 3.8) is 0 Å². The predicted octanol–water partition coefficient (Wildman–Crippen LogP) is 2.82. The zero-order chi connectivity index (χ0) is 16.8. The van der Waals surface area contributed by atoms with E-state index in [1.165, 1.54) is 11.8 Å². The molecule has 0 aliphatic carbocycles. The molecule has 23 heavy (non-hydrogen) atoms. The van der Waals surface area contributed by atoms with Gasteiger partial charge in [0.1, 0.15) is 6.54 Å². The lowest BCUT2D eigenvalue weighted by atomic mass is 10.2. The Labute approximate surface area is 143 Å². The number of anilines is 1. The number of nitrogens with one attached hydrogen (secondary N) is 1. The molecule has 0 aliphatic rings. The van der Waals surface area contributed by atoms with Gasteiger partial charge in [0.05, 0.1) is 12.2 Å². The Morgan fingerprint density at radius 2 is 2.04 bits per heavy atom. The SMILES string of the molecule is CC(=O)N(CC(=O)NCc1ccccn1)c1ccc(Br)c(C)c1. The molecule has 1 heterocycles. The van der Waals surface area contributed by atoms with E-state index in [4.69, 9.17) is 0 Å². The Kier molecular flexibility index (Phi) is 5.87. The molecule has 0 spiro atoms. The Morgan fingerprint density at radius 3 is 2.65 bits per heavy atom. The summed E-state index contributed by atoms with van der Waals surface area (Å²) in [5.41, 5.74) is 2.48. The molecule has 0 aliphatic heterocycles. The van der Waals surface area contributed by atoms with Crippen molar-refractivity contribution in [1.82, 2.24) is 10.3 Å². The average Bonchev–Trinajstić information content (AvgIpc) is 2.54. The minimum atomic E-state index is -0.230. The van der Waals surface area contributed by atoms with Crippen molar-refractivity contribution >= 4 is 33.4 Å². The first-order valence-electron chi connectivity index (χ1n) is 7.18. The summed E-state index contributed by atoms with van der Waals surface area (Å²) in [6.45, 7) is 3.70. The smallest absolute Gasteiger partial charge is 0.240 e. The molecular formula is C17H18BrN3O2. The summed E-state index contributed by atoms with van der Waals surface area (Å²) in [5.74, 6) is -0.411. The van der Waals surface area contributed by atoms with E-state index in [1.54, 1.807) is 6.20 Å². The van der Waals surface area contributed by atoms with Crippen LogP contribution in [0, 0.1) is 6.92 Å². The molecular weight excluding hydrogens is 358 g/mol. The molecule has 2 amide bonds. The van der Waals surface area contributed by atoms with E-state index < -0.39 is 0 Å². The van der Waals surface area contributed by atoms with E-state index in [2.05, 4.69) is 26.2 Å². The number of amides is 2. The summed E-state index contributed by atoms with van der Waals surface area (Å²) in [4.78, 5) is 29.6. The molecule has 1 aromatic heterocycles. The van der Waals surface area contributed by atoms with Crippen LogP contribution in [0.5, 0.6) is 0 Å². The van der Waals surface area contributed by atoms with E-state index in [0.29, 0.717) is 12.2 Å². The number of nitrogens with zero attached hydrogens (tertiary/aromatic N) is 2. The van der Waals surface area contributed by atoms with Crippen LogP contribution in [-0.2, 0) is 16.1 Å². The van der Waals surface area contributed by atoms with Crippen molar-refractivity contribution in [2.75, 3.05) is 11.4 Å². The fourth-order valence-electron chi connectivity index (χ4n) is 2.07. The zero-order valence-electron chi connectivity index (χ0n) is 13.0. The minimum absolute atomic E-state index is 0.0246. The molecule has 0 unspecified atom stereocenters. The number of halogens is 1. The molecule has 1 aromatic carbocycles. The van der Waals surface area contributed by atoms with Crippen LogP contribution in [-0.4, -0.2) is 23.3 Å². The van der Waals surface area contributed by atoms with Crippen molar-refractivity contribution in [1.29, 1.82) is 0 Å². The maximum Gasteiger partial charge on any atom is 0.240 e. The van der Waals surface area contributed by atoms with Crippen LogP contribution in [0.3, 0.4) is 0 Å². The largest absolute Gasteiger partial charge is 0.349 e. The lowest BCUT2D eigenvalue weighted by Crippen LogP contribution is -2.39. The van der Waals surface area contributed by atoms with Gasteiger partial charge in [0, 0.05) is 23.3 Å². The molecule has 5 nitrogen and oxygen atoms in total. The van der Waals surface area contributed by atoms with E-state index in [0.717, 1.165) is 15.7 Å². The van der Waals surface area contributed by atoms with Crippen LogP contribution in [0.1, 0.15) is 18.2 Å². The highest BCUT2D eigenvalue weighted by Gasteiger charge is 2.16. The fourth-order valence-corrected chi connectivity index (χ4v) is 2.32. The summed E-state index contributed by atoms with van der Waals surface area (Å²) in [7, 11) is 0. The first-order chi connectivity index (χ1) is 11.0. The molecule has 0 fully saturated rings. The second-order valence-corrected chi connectivity index (χ2v) is 5.99. The fraction of sp³-hybridized carbons (Fsp3) is 0.235. The van der Waals surface area contributed by atoms with Gasteiger partial charge >= 0.3 is 0 Å². The standard InChI is InChI=1S/C17H18BrN3O2/c1-12-9-15(6-7-16(12)18)21(13(2)22)11-17(23)20-10-14-5-3-4-8-19-14/h3-9H,10-11H2,1-2H3,(H,20,23). The quantitative estimate of drug-likeness (QED) is 0.873. The Bertz CT molecular complexity index is 704. The topological polar surface area (TPSA) is 62.3 Å². The van der Waals surface area contributed by atoms with Crippen LogP contribution < -0.4 is 10.2 Å². The predicted molar refractivity (Wildman–Crippen MR) is 93.0 cm³/mol. The molecule has 6 heteroatoms. The van der Waals surface area contributed by atoms with Gasteiger partial charge in [-0.3, -0.25) is 14.6 Å². The molecule has 0 saturated heterocycles. The van der Waals surface area contributed by atoms with Gasteiger partial charge in [0.25, 0.3) is 0 Å².